The minimum atomic E-state index is -0.00580. The molecule has 1 aromatic carbocycles. The van der Waals surface area contributed by atoms with Gasteiger partial charge in [-0.1, -0.05) is 6.07 Å². The lowest BCUT2D eigenvalue weighted by Gasteiger charge is -2.01. The first-order chi connectivity index (χ1) is 8.08. The van der Waals surface area contributed by atoms with Crippen molar-refractivity contribution in [2.45, 2.75) is 27.3 Å². The van der Waals surface area contributed by atoms with Crippen molar-refractivity contribution < 1.29 is 4.79 Å². The van der Waals surface area contributed by atoms with Gasteiger partial charge >= 0.3 is 0 Å². The van der Waals surface area contributed by atoms with Gasteiger partial charge in [-0.2, -0.15) is 5.10 Å². The van der Waals surface area contributed by atoms with Crippen LogP contribution in [0.25, 0.3) is 10.9 Å². The molecule has 0 spiro atoms. The smallest absolute Gasteiger partial charge is 0.216 e. The van der Waals surface area contributed by atoms with E-state index in [1.54, 1.807) is 0 Å². The molecule has 0 atom stereocenters. The molecule has 0 unspecified atom stereocenters. The zero-order valence-electron chi connectivity index (χ0n) is 10.4. The van der Waals surface area contributed by atoms with E-state index in [0.717, 1.165) is 5.52 Å². The van der Waals surface area contributed by atoms with Crippen molar-refractivity contribution in [1.29, 1.82) is 0 Å². The van der Waals surface area contributed by atoms with Gasteiger partial charge in [0.1, 0.15) is 0 Å². The van der Waals surface area contributed by atoms with Gasteiger partial charge in [0.15, 0.2) is 0 Å². The number of hydrogen-bond acceptors (Lipinski definition) is 2. The summed E-state index contributed by atoms with van der Waals surface area (Å²) in [6.45, 7) is 7.04. The van der Waals surface area contributed by atoms with Gasteiger partial charge < -0.3 is 5.32 Å². The Bertz CT molecular complexity index is 557. The van der Waals surface area contributed by atoms with E-state index in [-0.39, 0.29) is 5.91 Å². The number of carbonyl (C=O) groups excluding carboxylic acids is 1. The number of rotatable bonds is 3. The Morgan fingerprint density at radius 1 is 1.41 bits per heavy atom. The predicted molar refractivity (Wildman–Crippen MR) is 67.9 cm³/mol. The minimum absolute atomic E-state index is 0.00580. The zero-order chi connectivity index (χ0) is 12.4. The molecule has 0 saturated carbocycles. The fourth-order valence-corrected chi connectivity index (χ4v) is 1.85. The molecule has 0 bridgehead atoms. The molecule has 2 aromatic rings. The van der Waals surface area contributed by atoms with Gasteiger partial charge in [-0.15, -0.1) is 0 Å². The van der Waals surface area contributed by atoms with Gasteiger partial charge in [0.2, 0.25) is 5.91 Å². The lowest BCUT2D eigenvalue weighted by atomic mass is 10.1. The maximum atomic E-state index is 10.8. The van der Waals surface area contributed by atoms with Crippen LogP contribution in [0.1, 0.15) is 18.1 Å². The second-order valence-corrected chi connectivity index (χ2v) is 4.32. The number of aromatic nitrogens is 2. The molecule has 1 heterocycles. The van der Waals surface area contributed by atoms with E-state index in [1.807, 2.05) is 16.9 Å². The molecule has 90 valence electrons. The number of nitrogens with one attached hydrogen (secondary N) is 1. The van der Waals surface area contributed by atoms with Gasteiger partial charge in [0.05, 0.1) is 12.1 Å². The summed E-state index contributed by atoms with van der Waals surface area (Å²) >= 11 is 0. The SMILES string of the molecule is CC(=O)NCCn1cc2c(C)c(C)ccc2n1. The molecule has 0 radical (unpaired) electrons. The quantitative estimate of drug-likeness (QED) is 0.875. The molecule has 4 heteroatoms. The van der Waals surface area contributed by atoms with Crippen molar-refractivity contribution in [2.75, 3.05) is 6.54 Å². The van der Waals surface area contributed by atoms with Crippen molar-refractivity contribution in [3.05, 3.63) is 29.5 Å². The third-order valence-corrected chi connectivity index (χ3v) is 2.99. The van der Waals surface area contributed by atoms with Crippen LogP contribution in [0.5, 0.6) is 0 Å². The Kier molecular flexibility index (Phi) is 3.13. The summed E-state index contributed by atoms with van der Waals surface area (Å²) in [5.74, 6) is -0.00580. The Hall–Kier alpha value is -1.84. The topological polar surface area (TPSA) is 46.9 Å². The molecule has 2 rings (SSSR count). The predicted octanol–water partition coefficient (Wildman–Crippen LogP) is 1.79. The first kappa shape index (κ1) is 11.6. The average molecular weight is 231 g/mol. The molecular formula is C13H17N3O. The third-order valence-electron chi connectivity index (χ3n) is 2.99. The fourth-order valence-electron chi connectivity index (χ4n) is 1.85. The molecule has 4 nitrogen and oxygen atoms in total. The van der Waals surface area contributed by atoms with Gasteiger partial charge in [0.25, 0.3) is 0 Å². The molecule has 0 saturated heterocycles. The van der Waals surface area contributed by atoms with Crippen LogP contribution >= 0.6 is 0 Å². The summed E-state index contributed by atoms with van der Waals surface area (Å²) in [5.41, 5.74) is 3.56. The second-order valence-electron chi connectivity index (χ2n) is 4.32. The number of carbonyl (C=O) groups is 1. The number of amides is 1. The Morgan fingerprint density at radius 3 is 2.88 bits per heavy atom. The average Bonchev–Trinajstić information content (AvgIpc) is 2.67. The Labute approximate surface area is 101 Å². The molecule has 1 N–H and O–H groups in total. The van der Waals surface area contributed by atoms with E-state index < -0.39 is 0 Å². The van der Waals surface area contributed by atoms with Gasteiger partial charge in [0, 0.05) is 25.1 Å². The highest BCUT2D eigenvalue weighted by molar-refractivity contribution is 5.82. The highest BCUT2D eigenvalue weighted by Crippen LogP contribution is 2.19. The van der Waals surface area contributed by atoms with Crippen molar-refractivity contribution in [3.63, 3.8) is 0 Å². The van der Waals surface area contributed by atoms with Crippen LogP contribution in [0.15, 0.2) is 18.3 Å². The first-order valence-corrected chi connectivity index (χ1v) is 5.76. The highest BCUT2D eigenvalue weighted by Gasteiger charge is 2.05. The molecule has 1 aromatic heterocycles. The maximum Gasteiger partial charge on any atom is 0.216 e. The van der Waals surface area contributed by atoms with Crippen LogP contribution in [0.2, 0.25) is 0 Å². The molecule has 17 heavy (non-hydrogen) atoms. The molecule has 0 fully saturated rings. The van der Waals surface area contributed by atoms with Crippen molar-refractivity contribution in [2.24, 2.45) is 0 Å². The first-order valence-electron chi connectivity index (χ1n) is 5.76. The van der Waals surface area contributed by atoms with Crippen molar-refractivity contribution >= 4 is 16.8 Å². The standard InChI is InChI=1S/C13H17N3O/c1-9-4-5-13-12(10(9)2)8-16(15-13)7-6-14-11(3)17/h4-5,8H,6-7H2,1-3H3,(H,14,17). The third kappa shape index (κ3) is 2.46. The molecule has 0 aliphatic rings. The van der Waals surface area contributed by atoms with Gasteiger partial charge in [-0.3, -0.25) is 9.48 Å². The number of nitrogens with zero attached hydrogens (tertiary/aromatic N) is 2. The van der Waals surface area contributed by atoms with Crippen LogP contribution in [-0.2, 0) is 11.3 Å². The Morgan fingerprint density at radius 2 is 2.18 bits per heavy atom. The Balaban J connectivity index is 2.20. The molecule has 0 aliphatic heterocycles. The summed E-state index contributed by atoms with van der Waals surface area (Å²) in [5, 5.41) is 8.43. The lowest BCUT2D eigenvalue weighted by molar-refractivity contribution is -0.118. The number of benzene rings is 1. The highest BCUT2D eigenvalue weighted by atomic mass is 16.1. The van der Waals surface area contributed by atoms with Crippen LogP contribution in [0.4, 0.5) is 0 Å². The second kappa shape index (κ2) is 4.57. The lowest BCUT2D eigenvalue weighted by Crippen LogP contribution is -2.24. The summed E-state index contributed by atoms with van der Waals surface area (Å²) < 4.78 is 1.88. The van der Waals surface area contributed by atoms with Crippen molar-refractivity contribution in [1.82, 2.24) is 15.1 Å². The monoisotopic (exact) mass is 231 g/mol. The van der Waals surface area contributed by atoms with Crippen LogP contribution in [0, 0.1) is 13.8 Å². The van der Waals surface area contributed by atoms with E-state index in [2.05, 4.69) is 30.3 Å². The van der Waals surface area contributed by atoms with Crippen LogP contribution < -0.4 is 5.32 Å². The zero-order valence-corrected chi connectivity index (χ0v) is 10.4. The summed E-state index contributed by atoms with van der Waals surface area (Å²) in [6, 6.07) is 4.12. The molecular weight excluding hydrogens is 214 g/mol. The van der Waals surface area contributed by atoms with Crippen LogP contribution in [-0.4, -0.2) is 22.2 Å². The molecule has 0 aliphatic carbocycles. The van der Waals surface area contributed by atoms with E-state index >= 15 is 0 Å². The van der Waals surface area contributed by atoms with Crippen molar-refractivity contribution in [3.8, 4) is 0 Å². The fraction of sp³-hybridized carbons (Fsp3) is 0.385. The van der Waals surface area contributed by atoms with Gasteiger partial charge in [-0.05, 0) is 31.0 Å². The van der Waals surface area contributed by atoms with E-state index in [1.165, 1.54) is 23.4 Å². The number of hydrogen-bond donors (Lipinski definition) is 1. The maximum absolute atomic E-state index is 10.8. The molecule has 1 amide bonds. The number of aryl methyl sites for hydroxylation is 2. The summed E-state index contributed by atoms with van der Waals surface area (Å²) in [6.07, 6.45) is 2.04. The minimum Gasteiger partial charge on any atom is -0.354 e. The van der Waals surface area contributed by atoms with Crippen LogP contribution in [0.3, 0.4) is 0 Å². The van der Waals surface area contributed by atoms with E-state index in [9.17, 15) is 4.79 Å². The summed E-state index contributed by atoms with van der Waals surface area (Å²) in [4.78, 5) is 10.8. The number of fused-ring (bicyclic) bond motifs is 1. The van der Waals surface area contributed by atoms with E-state index in [0.29, 0.717) is 13.1 Å². The largest absolute Gasteiger partial charge is 0.354 e. The normalized spacial score (nSPS) is 10.8. The van der Waals surface area contributed by atoms with E-state index in [4.69, 9.17) is 0 Å². The summed E-state index contributed by atoms with van der Waals surface area (Å²) in [7, 11) is 0. The van der Waals surface area contributed by atoms with Gasteiger partial charge in [-0.25, -0.2) is 0 Å².